The second-order valence-corrected chi connectivity index (χ2v) is 5.12. The van der Waals surface area contributed by atoms with Crippen molar-refractivity contribution in [2.24, 2.45) is 0 Å². The van der Waals surface area contributed by atoms with Gasteiger partial charge in [-0.1, -0.05) is 0 Å². The Morgan fingerprint density at radius 2 is 2.29 bits per heavy atom. The quantitative estimate of drug-likeness (QED) is 0.706. The molecule has 1 heterocycles. The number of nitrogens with one attached hydrogen (secondary N) is 1. The van der Waals surface area contributed by atoms with Gasteiger partial charge in [-0.25, -0.2) is 0 Å². The molecule has 0 spiro atoms. The standard InChI is InChI=1S/C12H23N3O2/c1-14-5-6-17-11(9-14)7-13-8-12(16)15(2)10-3-4-10/h10-11,13H,3-9H2,1-2H3. The van der Waals surface area contributed by atoms with Crippen LogP contribution in [-0.4, -0.2) is 74.7 Å². The third-order valence-corrected chi connectivity index (χ3v) is 3.48. The van der Waals surface area contributed by atoms with Crippen LogP contribution in [-0.2, 0) is 9.53 Å². The monoisotopic (exact) mass is 241 g/mol. The van der Waals surface area contributed by atoms with Crippen LogP contribution in [0.3, 0.4) is 0 Å². The first kappa shape index (κ1) is 12.8. The van der Waals surface area contributed by atoms with Crippen molar-refractivity contribution in [1.29, 1.82) is 0 Å². The van der Waals surface area contributed by atoms with Crippen molar-refractivity contribution in [3.63, 3.8) is 0 Å². The van der Waals surface area contributed by atoms with E-state index in [2.05, 4.69) is 17.3 Å². The molecule has 1 N–H and O–H groups in total. The van der Waals surface area contributed by atoms with E-state index in [1.165, 1.54) is 12.8 Å². The van der Waals surface area contributed by atoms with Crippen molar-refractivity contribution in [3.05, 3.63) is 0 Å². The topological polar surface area (TPSA) is 44.8 Å². The minimum absolute atomic E-state index is 0.191. The summed E-state index contributed by atoms with van der Waals surface area (Å²) in [5, 5.41) is 3.20. The Kier molecular flexibility index (Phi) is 4.36. The second kappa shape index (κ2) is 5.80. The van der Waals surface area contributed by atoms with Gasteiger partial charge in [0, 0.05) is 32.7 Å². The number of morpholine rings is 1. The lowest BCUT2D eigenvalue weighted by Gasteiger charge is -2.30. The van der Waals surface area contributed by atoms with Crippen molar-refractivity contribution in [3.8, 4) is 0 Å². The van der Waals surface area contributed by atoms with Gasteiger partial charge in [0.25, 0.3) is 0 Å². The van der Waals surface area contributed by atoms with Crippen LogP contribution < -0.4 is 5.32 Å². The highest BCUT2D eigenvalue weighted by atomic mass is 16.5. The Hall–Kier alpha value is -0.650. The number of nitrogens with zero attached hydrogens (tertiary/aromatic N) is 2. The maximum Gasteiger partial charge on any atom is 0.236 e. The highest BCUT2D eigenvalue weighted by molar-refractivity contribution is 5.78. The molecule has 1 aliphatic heterocycles. The van der Waals surface area contributed by atoms with E-state index >= 15 is 0 Å². The molecule has 17 heavy (non-hydrogen) atoms. The molecule has 2 aliphatic rings. The van der Waals surface area contributed by atoms with Crippen molar-refractivity contribution in [1.82, 2.24) is 15.1 Å². The summed E-state index contributed by atoms with van der Waals surface area (Å²) in [5.41, 5.74) is 0. The lowest BCUT2D eigenvalue weighted by atomic mass is 10.3. The number of hydrogen-bond acceptors (Lipinski definition) is 4. The third kappa shape index (κ3) is 3.94. The van der Waals surface area contributed by atoms with Crippen molar-refractivity contribution >= 4 is 5.91 Å². The van der Waals surface area contributed by atoms with E-state index < -0.39 is 0 Å². The molecule has 1 saturated heterocycles. The molecule has 1 unspecified atom stereocenters. The molecular weight excluding hydrogens is 218 g/mol. The van der Waals surface area contributed by atoms with Gasteiger partial charge in [0.05, 0.1) is 19.3 Å². The number of carbonyl (C=O) groups excluding carboxylic acids is 1. The van der Waals surface area contributed by atoms with Crippen LogP contribution in [0.1, 0.15) is 12.8 Å². The normalized spacial score (nSPS) is 25.9. The zero-order valence-corrected chi connectivity index (χ0v) is 10.8. The average Bonchev–Trinajstić information content (AvgIpc) is 3.12. The summed E-state index contributed by atoms with van der Waals surface area (Å²) in [6.45, 7) is 3.92. The van der Waals surface area contributed by atoms with Crippen LogP contribution in [0.25, 0.3) is 0 Å². The number of amides is 1. The highest BCUT2D eigenvalue weighted by Gasteiger charge is 2.29. The number of likely N-dealkylation sites (N-methyl/N-ethyl adjacent to an activating group) is 2. The molecule has 0 aromatic rings. The summed E-state index contributed by atoms with van der Waals surface area (Å²) in [4.78, 5) is 15.9. The SMILES string of the molecule is CN1CCOC(CNCC(=O)N(C)C2CC2)C1. The van der Waals surface area contributed by atoms with Gasteiger partial charge in [-0.15, -0.1) is 0 Å². The minimum Gasteiger partial charge on any atom is -0.374 e. The molecule has 1 atom stereocenters. The maximum atomic E-state index is 11.7. The molecular formula is C12H23N3O2. The minimum atomic E-state index is 0.191. The molecule has 2 rings (SSSR count). The highest BCUT2D eigenvalue weighted by Crippen LogP contribution is 2.24. The summed E-state index contributed by atoms with van der Waals surface area (Å²) in [5.74, 6) is 0.191. The predicted molar refractivity (Wildman–Crippen MR) is 65.9 cm³/mol. The first-order chi connectivity index (χ1) is 8.16. The van der Waals surface area contributed by atoms with Gasteiger partial charge in [0.1, 0.15) is 0 Å². The van der Waals surface area contributed by atoms with E-state index in [-0.39, 0.29) is 12.0 Å². The second-order valence-electron chi connectivity index (χ2n) is 5.12. The molecule has 0 aromatic heterocycles. The average molecular weight is 241 g/mol. The summed E-state index contributed by atoms with van der Waals surface area (Å²) in [6.07, 6.45) is 2.55. The molecule has 2 fully saturated rings. The lowest BCUT2D eigenvalue weighted by Crippen LogP contribution is -2.46. The Morgan fingerprint density at radius 1 is 1.53 bits per heavy atom. The Labute approximate surface area is 103 Å². The number of carbonyl (C=O) groups is 1. The number of rotatable bonds is 5. The largest absolute Gasteiger partial charge is 0.374 e. The lowest BCUT2D eigenvalue weighted by molar-refractivity contribution is -0.129. The van der Waals surface area contributed by atoms with Gasteiger partial charge in [-0.05, 0) is 19.9 Å². The molecule has 5 heteroatoms. The fraction of sp³-hybridized carbons (Fsp3) is 0.917. The molecule has 1 aliphatic carbocycles. The molecule has 0 radical (unpaired) electrons. The van der Waals surface area contributed by atoms with E-state index in [0.29, 0.717) is 12.6 Å². The van der Waals surface area contributed by atoms with Gasteiger partial charge in [-0.2, -0.15) is 0 Å². The molecule has 98 valence electrons. The van der Waals surface area contributed by atoms with E-state index in [4.69, 9.17) is 4.74 Å². The van der Waals surface area contributed by atoms with Crippen molar-refractivity contribution < 1.29 is 9.53 Å². The van der Waals surface area contributed by atoms with E-state index in [1.54, 1.807) is 0 Å². The zero-order chi connectivity index (χ0) is 12.3. The van der Waals surface area contributed by atoms with Gasteiger partial charge >= 0.3 is 0 Å². The predicted octanol–water partition coefficient (Wildman–Crippen LogP) is -0.473. The molecule has 1 amide bonds. The first-order valence-electron chi connectivity index (χ1n) is 6.43. The summed E-state index contributed by atoms with van der Waals surface area (Å²) >= 11 is 0. The molecule has 1 saturated carbocycles. The zero-order valence-electron chi connectivity index (χ0n) is 10.8. The van der Waals surface area contributed by atoms with Gasteiger partial charge in [0.2, 0.25) is 5.91 Å². The van der Waals surface area contributed by atoms with E-state index in [1.807, 2.05) is 11.9 Å². The Bertz CT molecular complexity index is 268. The number of ether oxygens (including phenoxy) is 1. The molecule has 5 nitrogen and oxygen atoms in total. The van der Waals surface area contributed by atoms with Crippen LogP contribution in [0.4, 0.5) is 0 Å². The van der Waals surface area contributed by atoms with Crippen LogP contribution in [0.2, 0.25) is 0 Å². The fourth-order valence-electron chi connectivity index (χ4n) is 2.12. The summed E-state index contributed by atoms with van der Waals surface area (Å²) < 4.78 is 5.62. The van der Waals surface area contributed by atoms with Gasteiger partial charge in [-0.3, -0.25) is 4.79 Å². The summed E-state index contributed by atoms with van der Waals surface area (Å²) in [7, 11) is 3.99. The smallest absolute Gasteiger partial charge is 0.236 e. The van der Waals surface area contributed by atoms with Crippen LogP contribution >= 0.6 is 0 Å². The fourth-order valence-corrected chi connectivity index (χ4v) is 2.12. The number of hydrogen-bond donors (Lipinski definition) is 1. The van der Waals surface area contributed by atoms with Gasteiger partial charge in [0.15, 0.2) is 0 Å². The summed E-state index contributed by atoms with van der Waals surface area (Å²) in [6, 6.07) is 0.501. The molecule has 0 aromatic carbocycles. The van der Waals surface area contributed by atoms with E-state index in [0.717, 1.165) is 26.2 Å². The van der Waals surface area contributed by atoms with Gasteiger partial charge < -0.3 is 19.9 Å². The van der Waals surface area contributed by atoms with Crippen molar-refractivity contribution in [2.75, 3.05) is 46.9 Å². The van der Waals surface area contributed by atoms with Crippen LogP contribution in [0.5, 0.6) is 0 Å². The van der Waals surface area contributed by atoms with E-state index in [9.17, 15) is 4.79 Å². The van der Waals surface area contributed by atoms with Crippen LogP contribution in [0, 0.1) is 0 Å². The Balaban J connectivity index is 1.60. The first-order valence-corrected chi connectivity index (χ1v) is 6.43. The maximum absolute atomic E-state index is 11.7. The van der Waals surface area contributed by atoms with Crippen molar-refractivity contribution in [2.45, 2.75) is 25.0 Å². The molecule has 0 bridgehead atoms. The third-order valence-electron chi connectivity index (χ3n) is 3.48. The van der Waals surface area contributed by atoms with Crippen LogP contribution in [0.15, 0.2) is 0 Å². The Morgan fingerprint density at radius 3 is 2.94 bits per heavy atom.